The summed E-state index contributed by atoms with van der Waals surface area (Å²) in [6.45, 7) is 4.89. The Bertz CT molecular complexity index is 820. The van der Waals surface area contributed by atoms with Crippen molar-refractivity contribution in [3.8, 4) is 0 Å². The molecule has 154 valence electrons. The number of carbonyl (C=O) groups excluding carboxylic acids is 3. The molecule has 0 heterocycles. The minimum atomic E-state index is -1.00. The van der Waals surface area contributed by atoms with Crippen LogP contribution in [0.5, 0.6) is 0 Å². The molecule has 1 atom stereocenters. The maximum absolute atomic E-state index is 12.8. The fourth-order valence-electron chi connectivity index (χ4n) is 2.76. The summed E-state index contributed by atoms with van der Waals surface area (Å²) in [4.78, 5) is 38.8. The molecular weight excluding hydrogens is 392 g/mol. The second-order valence-corrected chi connectivity index (χ2v) is 6.74. The molecule has 2 aromatic carbocycles. The molecule has 0 aliphatic carbocycles. The highest BCUT2D eigenvalue weighted by Crippen LogP contribution is 2.21. The third kappa shape index (κ3) is 6.61. The number of esters is 1. The first kappa shape index (κ1) is 22.4. The predicted molar refractivity (Wildman–Crippen MR) is 112 cm³/mol. The third-order valence-corrected chi connectivity index (χ3v) is 4.62. The molecule has 7 heteroatoms. The fourth-order valence-corrected chi connectivity index (χ4v) is 2.89. The minimum Gasteiger partial charge on any atom is -0.447 e. The van der Waals surface area contributed by atoms with Crippen molar-refractivity contribution in [3.05, 3.63) is 70.7 Å². The zero-order valence-corrected chi connectivity index (χ0v) is 17.3. The standard InChI is InChI=1S/C22H25ClN2O4/c1-3-25(4-2)22(28)20(16-8-6-5-7-9-16)29-19(26)14-15-24-21(27)17-10-12-18(23)13-11-17/h5-13,20H,3-4,14-15H2,1-2H3,(H,24,27)/t20-/m0/s1. The summed E-state index contributed by atoms with van der Waals surface area (Å²) in [5.41, 5.74) is 1.06. The van der Waals surface area contributed by atoms with E-state index in [4.69, 9.17) is 16.3 Å². The molecule has 2 amide bonds. The highest BCUT2D eigenvalue weighted by atomic mass is 35.5. The lowest BCUT2D eigenvalue weighted by atomic mass is 10.1. The van der Waals surface area contributed by atoms with Crippen LogP contribution in [-0.4, -0.2) is 42.3 Å². The molecule has 2 rings (SSSR count). The SMILES string of the molecule is CCN(CC)C(=O)[C@@H](OC(=O)CCNC(=O)c1ccc(Cl)cc1)c1ccccc1. The number of nitrogens with zero attached hydrogens (tertiary/aromatic N) is 1. The van der Waals surface area contributed by atoms with Crippen molar-refractivity contribution in [2.75, 3.05) is 19.6 Å². The molecule has 0 aliphatic heterocycles. The lowest BCUT2D eigenvalue weighted by Gasteiger charge is -2.25. The first-order chi connectivity index (χ1) is 14.0. The number of halogens is 1. The Morgan fingerprint density at radius 1 is 1.00 bits per heavy atom. The quantitative estimate of drug-likeness (QED) is 0.633. The number of hydrogen-bond donors (Lipinski definition) is 1. The molecule has 6 nitrogen and oxygen atoms in total. The van der Waals surface area contributed by atoms with Crippen LogP contribution in [0, 0.1) is 0 Å². The Labute approximate surface area is 175 Å². The molecule has 1 N–H and O–H groups in total. The smallest absolute Gasteiger partial charge is 0.308 e. The van der Waals surface area contributed by atoms with Gasteiger partial charge in [0, 0.05) is 35.8 Å². The summed E-state index contributed by atoms with van der Waals surface area (Å²) in [7, 11) is 0. The molecule has 29 heavy (non-hydrogen) atoms. The normalized spacial score (nSPS) is 11.4. The van der Waals surface area contributed by atoms with Gasteiger partial charge in [0.2, 0.25) is 6.10 Å². The van der Waals surface area contributed by atoms with Gasteiger partial charge in [-0.05, 0) is 38.1 Å². The summed E-state index contributed by atoms with van der Waals surface area (Å²) >= 11 is 5.81. The summed E-state index contributed by atoms with van der Waals surface area (Å²) in [6.07, 6.45) is -1.05. The van der Waals surface area contributed by atoms with Gasteiger partial charge in [-0.3, -0.25) is 14.4 Å². The monoisotopic (exact) mass is 416 g/mol. The number of hydrogen-bond acceptors (Lipinski definition) is 4. The number of rotatable bonds is 9. The summed E-state index contributed by atoms with van der Waals surface area (Å²) < 4.78 is 5.49. The van der Waals surface area contributed by atoms with E-state index in [1.165, 1.54) is 0 Å². The molecule has 0 saturated heterocycles. The van der Waals surface area contributed by atoms with Gasteiger partial charge in [0.05, 0.1) is 6.42 Å². The predicted octanol–water partition coefficient (Wildman–Crippen LogP) is 3.61. The zero-order chi connectivity index (χ0) is 21.2. The van der Waals surface area contributed by atoms with E-state index in [-0.39, 0.29) is 24.8 Å². The van der Waals surface area contributed by atoms with Crippen molar-refractivity contribution in [2.45, 2.75) is 26.4 Å². The van der Waals surface area contributed by atoms with E-state index in [9.17, 15) is 14.4 Å². The first-order valence-electron chi connectivity index (χ1n) is 9.53. The lowest BCUT2D eigenvalue weighted by Crippen LogP contribution is -2.37. The van der Waals surface area contributed by atoms with Crippen LogP contribution in [0.1, 0.15) is 42.3 Å². The molecule has 2 aromatic rings. The average molecular weight is 417 g/mol. The second-order valence-electron chi connectivity index (χ2n) is 6.30. The van der Waals surface area contributed by atoms with Gasteiger partial charge in [-0.25, -0.2) is 0 Å². The Balaban J connectivity index is 1.96. The molecule has 0 aromatic heterocycles. The van der Waals surface area contributed by atoms with Crippen LogP contribution in [0.4, 0.5) is 0 Å². The van der Waals surface area contributed by atoms with E-state index >= 15 is 0 Å². The van der Waals surface area contributed by atoms with Crippen molar-refractivity contribution in [2.24, 2.45) is 0 Å². The molecule has 0 unspecified atom stereocenters. The maximum atomic E-state index is 12.8. The van der Waals surface area contributed by atoms with Crippen LogP contribution < -0.4 is 5.32 Å². The average Bonchev–Trinajstić information content (AvgIpc) is 2.73. The van der Waals surface area contributed by atoms with E-state index in [0.29, 0.717) is 29.2 Å². The van der Waals surface area contributed by atoms with Gasteiger partial charge in [-0.2, -0.15) is 0 Å². The summed E-state index contributed by atoms with van der Waals surface area (Å²) in [6, 6.07) is 15.4. The zero-order valence-electron chi connectivity index (χ0n) is 16.6. The van der Waals surface area contributed by atoms with Gasteiger partial charge in [0.15, 0.2) is 0 Å². The van der Waals surface area contributed by atoms with Crippen LogP contribution >= 0.6 is 11.6 Å². The number of benzene rings is 2. The van der Waals surface area contributed by atoms with Crippen LogP contribution in [0.3, 0.4) is 0 Å². The van der Waals surface area contributed by atoms with Crippen molar-refractivity contribution in [3.63, 3.8) is 0 Å². The number of carbonyl (C=O) groups is 3. The number of likely N-dealkylation sites (N-methyl/N-ethyl adjacent to an activating group) is 1. The minimum absolute atomic E-state index is 0.0474. The topological polar surface area (TPSA) is 75.7 Å². The maximum Gasteiger partial charge on any atom is 0.308 e. The Kier molecular flexibility index (Phi) is 8.68. The van der Waals surface area contributed by atoms with E-state index in [0.717, 1.165) is 0 Å². The van der Waals surface area contributed by atoms with E-state index in [2.05, 4.69) is 5.32 Å². The Morgan fingerprint density at radius 3 is 2.21 bits per heavy atom. The van der Waals surface area contributed by atoms with Crippen LogP contribution in [0.15, 0.2) is 54.6 Å². The molecular formula is C22H25ClN2O4. The van der Waals surface area contributed by atoms with Gasteiger partial charge >= 0.3 is 5.97 Å². The van der Waals surface area contributed by atoms with Crippen molar-refractivity contribution >= 4 is 29.4 Å². The van der Waals surface area contributed by atoms with Crippen molar-refractivity contribution < 1.29 is 19.1 Å². The summed E-state index contributed by atoms with van der Waals surface area (Å²) in [5, 5.41) is 3.20. The molecule has 0 radical (unpaired) electrons. The highest BCUT2D eigenvalue weighted by Gasteiger charge is 2.28. The molecule has 0 fully saturated rings. The largest absolute Gasteiger partial charge is 0.447 e. The lowest BCUT2D eigenvalue weighted by molar-refractivity contribution is -0.160. The summed E-state index contributed by atoms with van der Waals surface area (Å²) in [5.74, 6) is -1.14. The van der Waals surface area contributed by atoms with Gasteiger partial charge in [0.25, 0.3) is 11.8 Å². The van der Waals surface area contributed by atoms with Crippen molar-refractivity contribution in [1.29, 1.82) is 0 Å². The van der Waals surface area contributed by atoms with Crippen LogP contribution in [0.2, 0.25) is 5.02 Å². The fraction of sp³-hybridized carbons (Fsp3) is 0.318. The van der Waals surface area contributed by atoms with Crippen LogP contribution in [-0.2, 0) is 14.3 Å². The first-order valence-corrected chi connectivity index (χ1v) is 9.91. The highest BCUT2D eigenvalue weighted by molar-refractivity contribution is 6.30. The number of ether oxygens (including phenoxy) is 1. The third-order valence-electron chi connectivity index (χ3n) is 4.37. The Morgan fingerprint density at radius 2 is 1.62 bits per heavy atom. The van der Waals surface area contributed by atoms with E-state index in [1.54, 1.807) is 53.4 Å². The molecule has 0 bridgehead atoms. The molecule has 0 saturated carbocycles. The number of nitrogens with one attached hydrogen (secondary N) is 1. The van der Waals surface area contributed by atoms with Gasteiger partial charge in [-0.15, -0.1) is 0 Å². The van der Waals surface area contributed by atoms with Gasteiger partial charge in [-0.1, -0.05) is 41.9 Å². The van der Waals surface area contributed by atoms with Crippen LogP contribution in [0.25, 0.3) is 0 Å². The molecule has 0 aliphatic rings. The van der Waals surface area contributed by atoms with Gasteiger partial charge in [0.1, 0.15) is 0 Å². The van der Waals surface area contributed by atoms with E-state index in [1.807, 2.05) is 19.9 Å². The van der Waals surface area contributed by atoms with Crippen molar-refractivity contribution in [1.82, 2.24) is 10.2 Å². The molecule has 0 spiro atoms. The number of amides is 2. The van der Waals surface area contributed by atoms with E-state index < -0.39 is 12.1 Å². The van der Waals surface area contributed by atoms with Gasteiger partial charge < -0.3 is 15.0 Å². The second kappa shape index (κ2) is 11.2. The Hall–Kier alpha value is -2.86.